The zero-order valence-corrected chi connectivity index (χ0v) is 10.2. The second kappa shape index (κ2) is 5.51. The van der Waals surface area contributed by atoms with E-state index in [-0.39, 0.29) is 0 Å². The van der Waals surface area contributed by atoms with E-state index in [9.17, 15) is 5.11 Å². The Labute approximate surface area is 102 Å². The number of aromatic hydroxyl groups is 1. The summed E-state index contributed by atoms with van der Waals surface area (Å²) in [5.74, 6) is -0.507. The van der Waals surface area contributed by atoms with Crippen LogP contribution in [-0.4, -0.2) is 16.2 Å². The molecule has 0 aliphatic heterocycles. The molecule has 84 valence electrons. The first-order chi connectivity index (χ1) is 7.49. The Morgan fingerprint density at radius 3 is 1.88 bits per heavy atom. The van der Waals surface area contributed by atoms with Crippen LogP contribution < -0.4 is 0 Å². The zero-order valence-electron chi connectivity index (χ0n) is 8.64. The SMILES string of the molecule is CC(=O)O.Oc1cc2ccc(Br)ccc-2c1. The van der Waals surface area contributed by atoms with E-state index in [1.165, 1.54) is 0 Å². The van der Waals surface area contributed by atoms with E-state index in [4.69, 9.17) is 9.90 Å². The van der Waals surface area contributed by atoms with Crippen molar-refractivity contribution >= 4 is 21.9 Å². The summed E-state index contributed by atoms with van der Waals surface area (Å²) >= 11 is 3.38. The number of halogens is 1. The fraction of sp³-hybridized carbons (Fsp3) is 0.0833. The van der Waals surface area contributed by atoms with Crippen molar-refractivity contribution in [3.8, 4) is 16.9 Å². The van der Waals surface area contributed by atoms with Gasteiger partial charge in [0.15, 0.2) is 0 Å². The van der Waals surface area contributed by atoms with Crippen LogP contribution in [0.3, 0.4) is 0 Å². The molecule has 3 nitrogen and oxygen atoms in total. The number of hydrogen-bond acceptors (Lipinski definition) is 2. The molecule has 0 fully saturated rings. The summed E-state index contributed by atoms with van der Waals surface area (Å²) in [6.07, 6.45) is 0. The van der Waals surface area contributed by atoms with Gasteiger partial charge in [0.2, 0.25) is 0 Å². The van der Waals surface area contributed by atoms with E-state index in [2.05, 4.69) is 15.9 Å². The normalized spacial score (nSPS) is 9.38. The van der Waals surface area contributed by atoms with Gasteiger partial charge in [-0.05, 0) is 35.4 Å². The molecule has 0 heterocycles. The molecule has 0 amide bonds. The molecule has 0 saturated heterocycles. The lowest BCUT2D eigenvalue weighted by molar-refractivity contribution is -0.134. The van der Waals surface area contributed by atoms with Gasteiger partial charge in [0.1, 0.15) is 5.75 Å². The van der Waals surface area contributed by atoms with Gasteiger partial charge in [0, 0.05) is 11.4 Å². The zero-order chi connectivity index (χ0) is 12.1. The molecule has 2 aliphatic rings. The first-order valence-corrected chi connectivity index (χ1v) is 5.36. The summed E-state index contributed by atoms with van der Waals surface area (Å²) in [5, 5.41) is 16.6. The van der Waals surface area contributed by atoms with E-state index in [0.29, 0.717) is 5.75 Å². The monoisotopic (exact) mass is 282 g/mol. The highest BCUT2D eigenvalue weighted by molar-refractivity contribution is 9.10. The predicted molar refractivity (Wildman–Crippen MR) is 65.7 cm³/mol. The lowest BCUT2D eigenvalue weighted by Gasteiger charge is -1.85. The Hall–Kier alpha value is -1.55. The lowest BCUT2D eigenvalue weighted by atomic mass is 10.2. The highest BCUT2D eigenvalue weighted by atomic mass is 79.9. The molecule has 0 aromatic heterocycles. The van der Waals surface area contributed by atoms with Crippen molar-refractivity contribution in [2.24, 2.45) is 0 Å². The minimum atomic E-state index is -0.833. The van der Waals surface area contributed by atoms with Crippen LogP contribution in [0.15, 0.2) is 40.9 Å². The summed E-state index contributed by atoms with van der Waals surface area (Å²) in [7, 11) is 0. The van der Waals surface area contributed by atoms with Gasteiger partial charge in [-0.25, -0.2) is 0 Å². The summed E-state index contributed by atoms with van der Waals surface area (Å²) in [6.45, 7) is 1.08. The van der Waals surface area contributed by atoms with E-state index in [0.717, 1.165) is 22.5 Å². The Bertz CT molecular complexity index is 430. The molecular weight excluding hydrogens is 272 g/mol. The molecule has 0 unspecified atom stereocenters. The third-order valence-electron chi connectivity index (χ3n) is 1.78. The quantitative estimate of drug-likeness (QED) is 0.779. The Morgan fingerprint density at radius 1 is 1.12 bits per heavy atom. The minimum Gasteiger partial charge on any atom is -0.508 e. The Balaban J connectivity index is 0.000000280. The van der Waals surface area contributed by atoms with Gasteiger partial charge in [-0.2, -0.15) is 0 Å². The first-order valence-electron chi connectivity index (χ1n) is 4.57. The smallest absolute Gasteiger partial charge is 0.300 e. The number of carboxylic acids is 1. The molecule has 0 radical (unpaired) electrons. The molecule has 4 heteroatoms. The number of rotatable bonds is 0. The molecule has 0 aromatic rings. The molecule has 0 saturated carbocycles. The summed E-state index contributed by atoms with van der Waals surface area (Å²) < 4.78 is 1.04. The molecule has 0 atom stereocenters. The fourth-order valence-electron chi connectivity index (χ4n) is 1.21. The maximum Gasteiger partial charge on any atom is 0.300 e. The second-order valence-corrected chi connectivity index (χ2v) is 4.11. The van der Waals surface area contributed by atoms with E-state index < -0.39 is 5.97 Å². The van der Waals surface area contributed by atoms with Crippen molar-refractivity contribution in [2.75, 3.05) is 0 Å². The van der Waals surface area contributed by atoms with Crippen molar-refractivity contribution < 1.29 is 15.0 Å². The number of carboxylic acid groups (broad SMARTS) is 1. The molecule has 2 rings (SSSR count). The average Bonchev–Trinajstić information content (AvgIpc) is 2.43. The van der Waals surface area contributed by atoms with Crippen molar-refractivity contribution in [1.29, 1.82) is 0 Å². The van der Waals surface area contributed by atoms with Crippen LogP contribution in [-0.2, 0) is 4.79 Å². The Kier molecular flexibility index (Phi) is 4.31. The van der Waals surface area contributed by atoms with Crippen LogP contribution in [0.5, 0.6) is 5.75 Å². The number of aliphatic carboxylic acids is 1. The van der Waals surface area contributed by atoms with Crippen LogP contribution in [0, 0.1) is 0 Å². The van der Waals surface area contributed by atoms with E-state index in [1.54, 1.807) is 12.1 Å². The van der Waals surface area contributed by atoms with E-state index in [1.807, 2.05) is 24.3 Å². The largest absolute Gasteiger partial charge is 0.508 e. The number of hydrogen-bond donors (Lipinski definition) is 2. The van der Waals surface area contributed by atoms with Gasteiger partial charge < -0.3 is 10.2 Å². The average molecular weight is 283 g/mol. The minimum absolute atomic E-state index is 0.326. The summed E-state index contributed by atoms with van der Waals surface area (Å²) in [6, 6.07) is 11.4. The predicted octanol–water partition coefficient (Wildman–Crippen LogP) is 3.35. The first kappa shape index (κ1) is 12.5. The maximum atomic E-state index is 9.20. The van der Waals surface area contributed by atoms with Gasteiger partial charge >= 0.3 is 0 Å². The van der Waals surface area contributed by atoms with Crippen LogP contribution in [0.2, 0.25) is 0 Å². The third kappa shape index (κ3) is 3.90. The third-order valence-corrected chi connectivity index (χ3v) is 2.31. The maximum absolute atomic E-state index is 9.20. The van der Waals surface area contributed by atoms with Crippen LogP contribution in [0.1, 0.15) is 6.92 Å². The van der Waals surface area contributed by atoms with Gasteiger partial charge in [-0.1, -0.05) is 28.1 Å². The standard InChI is InChI=1S/C10H7BrO.C2H4O2/c11-9-3-1-7-5-10(12)6-8(7)2-4-9;1-2(3)4/h1-6,12H;1H3,(H,3,4). The van der Waals surface area contributed by atoms with Gasteiger partial charge in [0.05, 0.1) is 0 Å². The lowest BCUT2D eigenvalue weighted by Crippen LogP contribution is -1.78. The fourth-order valence-corrected chi connectivity index (χ4v) is 1.47. The highest BCUT2D eigenvalue weighted by Crippen LogP contribution is 2.29. The Morgan fingerprint density at radius 2 is 1.50 bits per heavy atom. The summed E-state index contributed by atoms with van der Waals surface area (Å²) in [4.78, 5) is 9.00. The number of fused-ring (bicyclic) bond motifs is 1. The molecular formula is C12H11BrO3. The molecule has 16 heavy (non-hydrogen) atoms. The summed E-state index contributed by atoms with van der Waals surface area (Å²) in [5.41, 5.74) is 2.11. The molecule has 2 aliphatic carbocycles. The van der Waals surface area contributed by atoms with Crippen molar-refractivity contribution in [3.63, 3.8) is 0 Å². The number of carbonyl (C=O) groups is 1. The van der Waals surface area contributed by atoms with Crippen molar-refractivity contribution in [2.45, 2.75) is 6.92 Å². The second-order valence-electron chi connectivity index (χ2n) is 3.19. The van der Waals surface area contributed by atoms with Gasteiger partial charge in [0.25, 0.3) is 5.97 Å². The highest BCUT2D eigenvalue weighted by Gasteiger charge is 2.02. The van der Waals surface area contributed by atoms with E-state index >= 15 is 0 Å². The topological polar surface area (TPSA) is 57.5 Å². The molecule has 0 spiro atoms. The van der Waals surface area contributed by atoms with Gasteiger partial charge in [-0.3, -0.25) is 4.79 Å². The molecule has 0 bridgehead atoms. The molecule has 0 aromatic carbocycles. The van der Waals surface area contributed by atoms with Gasteiger partial charge in [-0.15, -0.1) is 0 Å². The van der Waals surface area contributed by atoms with Crippen LogP contribution in [0.4, 0.5) is 0 Å². The van der Waals surface area contributed by atoms with Crippen molar-refractivity contribution in [3.05, 3.63) is 40.9 Å². The molecule has 2 N–H and O–H groups in total. The van der Waals surface area contributed by atoms with Crippen LogP contribution >= 0.6 is 15.9 Å². The van der Waals surface area contributed by atoms with Crippen LogP contribution in [0.25, 0.3) is 11.1 Å². The van der Waals surface area contributed by atoms with Crippen molar-refractivity contribution in [1.82, 2.24) is 0 Å².